The second kappa shape index (κ2) is 11.9. The minimum absolute atomic E-state index is 0.0293. The highest BCUT2D eigenvalue weighted by atomic mass is 16.6. The van der Waals surface area contributed by atoms with Crippen LogP contribution in [0.25, 0.3) is 0 Å². The molecule has 156 valence electrons. The van der Waals surface area contributed by atoms with Crippen LogP contribution >= 0.6 is 0 Å². The van der Waals surface area contributed by atoms with Gasteiger partial charge >= 0.3 is 0 Å². The fourth-order valence-corrected chi connectivity index (χ4v) is 3.15. The summed E-state index contributed by atoms with van der Waals surface area (Å²) in [5.41, 5.74) is 2.36. The number of nitro groups is 1. The molecular formula is C22H30N4O3. The molecule has 0 spiro atoms. The highest BCUT2D eigenvalue weighted by Gasteiger charge is 2.16. The number of nitrogens with zero attached hydrogens (tertiary/aromatic N) is 4. The molecule has 7 heteroatoms. The van der Waals surface area contributed by atoms with Crippen LogP contribution in [0.3, 0.4) is 0 Å². The summed E-state index contributed by atoms with van der Waals surface area (Å²) in [4.78, 5) is 12.5. The van der Waals surface area contributed by atoms with Crippen molar-refractivity contribution < 1.29 is 10.0 Å². The maximum absolute atomic E-state index is 10.7. The van der Waals surface area contributed by atoms with Crippen LogP contribution in [-0.2, 0) is 0 Å². The normalized spacial score (nSPS) is 12.2. The molecule has 0 aliphatic heterocycles. The van der Waals surface area contributed by atoms with E-state index in [1.165, 1.54) is 31.4 Å². The number of nitro benzene ring substituents is 1. The second-order valence-corrected chi connectivity index (χ2v) is 6.99. The highest BCUT2D eigenvalue weighted by Crippen LogP contribution is 2.25. The fourth-order valence-electron chi connectivity index (χ4n) is 3.15. The number of rotatable bonds is 12. The highest BCUT2D eigenvalue weighted by molar-refractivity contribution is 5.54. The van der Waals surface area contributed by atoms with E-state index in [0.29, 0.717) is 11.4 Å². The molecule has 0 aliphatic rings. The molecule has 2 rings (SSSR count). The minimum Gasteiger partial charge on any atom is -0.394 e. The standard InChI is InChI=1S/C22H30N4O3/c1-3-5-6-7-16-25(20(4-2)17-27)21-12-8-18(9-13-21)23-24-19-10-14-22(15-11-19)26(28)29/h8-15,20,27H,3-7,16-17H2,1-2H3/b24-23+. The zero-order valence-electron chi connectivity index (χ0n) is 17.2. The van der Waals surface area contributed by atoms with E-state index in [2.05, 4.69) is 29.0 Å². The van der Waals surface area contributed by atoms with Crippen LogP contribution in [0.2, 0.25) is 0 Å². The van der Waals surface area contributed by atoms with Crippen LogP contribution in [-0.4, -0.2) is 29.2 Å². The maximum Gasteiger partial charge on any atom is 0.269 e. The third-order valence-electron chi connectivity index (χ3n) is 4.90. The molecule has 0 amide bonds. The van der Waals surface area contributed by atoms with Crippen LogP contribution in [0.5, 0.6) is 0 Å². The van der Waals surface area contributed by atoms with Gasteiger partial charge in [0, 0.05) is 24.4 Å². The molecule has 0 aromatic heterocycles. The number of azo groups is 1. The first-order chi connectivity index (χ1) is 14.1. The molecule has 1 unspecified atom stereocenters. The molecule has 0 fully saturated rings. The lowest BCUT2D eigenvalue weighted by atomic mass is 10.1. The summed E-state index contributed by atoms with van der Waals surface area (Å²) in [6.45, 7) is 5.34. The molecule has 0 aliphatic carbocycles. The summed E-state index contributed by atoms with van der Waals surface area (Å²) in [5, 5.41) is 28.8. The van der Waals surface area contributed by atoms with Crippen molar-refractivity contribution in [2.45, 2.75) is 52.0 Å². The van der Waals surface area contributed by atoms with E-state index in [-0.39, 0.29) is 18.3 Å². The Bertz CT molecular complexity index is 772. The molecule has 0 radical (unpaired) electrons. The number of unbranched alkanes of at least 4 members (excludes halogenated alkanes) is 3. The largest absolute Gasteiger partial charge is 0.394 e. The van der Waals surface area contributed by atoms with E-state index in [1.807, 2.05) is 24.3 Å². The Balaban J connectivity index is 2.07. The minimum atomic E-state index is -0.441. The van der Waals surface area contributed by atoms with E-state index in [4.69, 9.17) is 0 Å². The first-order valence-corrected chi connectivity index (χ1v) is 10.2. The maximum atomic E-state index is 10.7. The van der Waals surface area contributed by atoms with E-state index in [0.717, 1.165) is 25.1 Å². The van der Waals surface area contributed by atoms with Crippen molar-refractivity contribution in [2.75, 3.05) is 18.1 Å². The number of benzene rings is 2. The zero-order chi connectivity index (χ0) is 21.1. The molecule has 7 nitrogen and oxygen atoms in total. The summed E-state index contributed by atoms with van der Waals surface area (Å²) in [6, 6.07) is 13.9. The fraction of sp³-hybridized carbons (Fsp3) is 0.455. The van der Waals surface area contributed by atoms with Crippen molar-refractivity contribution in [3.05, 3.63) is 58.6 Å². The van der Waals surface area contributed by atoms with Gasteiger partial charge in [-0.1, -0.05) is 33.1 Å². The van der Waals surface area contributed by atoms with Gasteiger partial charge in [0.25, 0.3) is 5.69 Å². The summed E-state index contributed by atoms with van der Waals surface area (Å²) in [5.74, 6) is 0. The third-order valence-corrected chi connectivity index (χ3v) is 4.90. The number of aliphatic hydroxyl groups excluding tert-OH is 1. The lowest BCUT2D eigenvalue weighted by molar-refractivity contribution is -0.384. The Morgan fingerprint density at radius 2 is 1.55 bits per heavy atom. The Morgan fingerprint density at radius 1 is 0.966 bits per heavy atom. The van der Waals surface area contributed by atoms with E-state index >= 15 is 0 Å². The van der Waals surface area contributed by atoms with Gasteiger partial charge in [0.1, 0.15) is 0 Å². The molecule has 0 saturated carbocycles. The van der Waals surface area contributed by atoms with Gasteiger partial charge in [-0.25, -0.2) is 0 Å². The number of anilines is 1. The van der Waals surface area contributed by atoms with Crippen LogP contribution in [0.4, 0.5) is 22.7 Å². The van der Waals surface area contributed by atoms with Crippen molar-refractivity contribution in [1.29, 1.82) is 0 Å². The molecular weight excluding hydrogens is 368 g/mol. The van der Waals surface area contributed by atoms with Gasteiger partial charge in [0.15, 0.2) is 0 Å². The van der Waals surface area contributed by atoms with Crippen molar-refractivity contribution in [3.63, 3.8) is 0 Å². The predicted octanol–water partition coefficient (Wildman–Crippen LogP) is 6.17. The van der Waals surface area contributed by atoms with Crippen molar-refractivity contribution in [2.24, 2.45) is 10.2 Å². The SMILES string of the molecule is CCCCCCN(c1ccc(/N=N/c2ccc([N+](=O)[O-])cc2)cc1)C(CC)CO. The third kappa shape index (κ3) is 6.94. The lowest BCUT2D eigenvalue weighted by Crippen LogP contribution is -2.38. The van der Waals surface area contributed by atoms with Crippen molar-refractivity contribution in [3.8, 4) is 0 Å². The molecule has 2 aromatic rings. The molecule has 1 N–H and O–H groups in total. The smallest absolute Gasteiger partial charge is 0.269 e. The molecule has 1 atom stereocenters. The number of aliphatic hydroxyl groups is 1. The van der Waals surface area contributed by atoms with Gasteiger partial charge in [-0.3, -0.25) is 10.1 Å². The summed E-state index contributed by atoms with van der Waals surface area (Å²) in [7, 11) is 0. The van der Waals surface area contributed by atoms with E-state index in [9.17, 15) is 15.2 Å². The Labute approximate surface area is 172 Å². The molecule has 0 bridgehead atoms. The predicted molar refractivity (Wildman–Crippen MR) is 116 cm³/mol. The topological polar surface area (TPSA) is 91.3 Å². The van der Waals surface area contributed by atoms with Gasteiger partial charge in [0.05, 0.1) is 28.9 Å². The van der Waals surface area contributed by atoms with Gasteiger partial charge in [0.2, 0.25) is 0 Å². The van der Waals surface area contributed by atoms with Gasteiger partial charge in [-0.15, -0.1) is 0 Å². The molecule has 0 heterocycles. The van der Waals surface area contributed by atoms with E-state index < -0.39 is 4.92 Å². The number of non-ortho nitro benzene ring substituents is 1. The van der Waals surface area contributed by atoms with Gasteiger partial charge in [-0.05, 0) is 49.2 Å². The van der Waals surface area contributed by atoms with Crippen LogP contribution in [0, 0.1) is 10.1 Å². The monoisotopic (exact) mass is 398 g/mol. The molecule has 0 saturated heterocycles. The van der Waals surface area contributed by atoms with Crippen LogP contribution in [0.15, 0.2) is 58.8 Å². The Hall–Kier alpha value is -2.80. The average Bonchev–Trinajstić information content (AvgIpc) is 2.75. The van der Waals surface area contributed by atoms with Crippen molar-refractivity contribution >= 4 is 22.7 Å². The Morgan fingerprint density at radius 3 is 2.03 bits per heavy atom. The van der Waals surface area contributed by atoms with Gasteiger partial charge in [-0.2, -0.15) is 10.2 Å². The molecule has 2 aromatic carbocycles. The Kier molecular flexibility index (Phi) is 9.24. The second-order valence-electron chi connectivity index (χ2n) is 6.99. The number of hydrogen-bond donors (Lipinski definition) is 1. The quantitative estimate of drug-likeness (QED) is 0.200. The average molecular weight is 399 g/mol. The molecule has 29 heavy (non-hydrogen) atoms. The van der Waals surface area contributed by atoms with E-state index in [1.54, 1.807) is 12.1 Å². The van der Waals surface area contributed by atoms with Crippen LogP contribution in [0.1, 0.15) is 46.0 Å². The first-order valence-electron chi connectivity index (χ1n) is 10.2. The van der Waals surface area contributed by atoms with Crippen molar-refractivity contribution in [1.82, 2.24) is 0 Å². The summed E-state index contributed by atoms with van der Waals surface area (Å²) < 4.78 is 0. The number of hydrogen-bond acceptors (Lipinski definition) is 6. The van der Waals surface area contributed by atoms with Crippen LogP contribution < -0.4 is 4.90 Å². The summed E-state index contributed by atoms with van der Waals surface area (Å²) >= 11 is 0. The first kappa shape index (κ1) is 22.5. The zero-order valence-corrected chi connectivity index (χ0v) is 17.2. The van der Waals surface area contributed by atoms with Gasteiger partial charge < -0.3 is 10.0 Å². The summed E-state index contributed by atoms with van der Waals surface area (Å²) in [6.07, 6.45) is 5.60. The lowest BCUT2D eigenvalue weighted by Gasteiger charge is -2.32.